The van der Waals surface area contributed by atoms with Crippen molar-refractivity contribution in [3.63, 3.8) is 0 Å². The molecule has 32 heavy (non-hydrogen) atoms. The number of ether oxygens (including phenoxy) is 2. The molecule has 0 radical (unpaired) electrons. The summed E-state index contributed by atoms with van der Waals surface area (Å²) in [6.07, 6.45) is 1.90. The van der Waals surface area contributed by atoms with E-state index in [-0.39, 0.29) is 11.7 Å². The lowest BCUT2D eigenvalue weighted by atomic mass is 9.99. The predicted octanol–water partition coefficient (Wildman–Crippen LogP) is 5.01. The van der Waals surface area contributed by atoms with E-state index in [2.05, 4.69) is 4.90 Å². The number of non-ortho nitro benzene ring substituents is 1. The molecular weight excluding hydrogens is 408 g/mol. The number of esters is 1. The highest BCUT2D eigenvalue weighted by atomic mass is 16.6. The average Bonchev–Trinajstić information content (AvgIpc) is 3.25. The summed E-state index contributed by atoms with van der Waals surface area (Å²) in [5, 5.41) is 11.2. The number of nitrogens with zero attached hydrogens (tertiary/aromatic N) is 2. The zero-order valence-electron chi connectivity index (χ0n) is 17.7. The van der Waals surface area contributed by atoms with Crippen molar-refractivity contribution < 1.29 is 19.2 Å². The Hall–Kier alpha value is -4.13. The minimum Gasteiger partial charge on any atom is -0.497 e. The lowest BCUT2D eigenvalue weighted by molar-refractivity contribution is -0.384. The van der Waals surface area contributed by atoms with E-state index in [9.17, 15) is 14.9 Å². The van der Waals surface area contributed by atoms with Gasteiger partial charge in [-0.3, -0.25) is 10.1 Å². The van der Waals surface area contributed by atoms with Gasteiger partial charge >= 0.3 is 5.97 Å². The summed E-state index contributed by atoms with van der Waals surface area (Å²) >= 11 is 0. The summed E-state index contributed by atoms with van der Waals surface area (Å²) in [6, 6.07) is 22.9. The zero-order chi connectivity index (χ0) is 22.7. The molecule has 1 aliphatic rings. The van der Waals surface area contributed by atoms with Gasteiger partial charge in [-0.1, -0.05) is 42.5 Å². The van der Waals surface area contributed by atoms with Gasteiger partial charge in [0.1, 0.15) is 5.75 Å². The van der Waals surface area contributed by atoms with E-state index < -0.39 is 16.9 Å². The second kappa shape index (κ2) is 8.93. The zero-order valence-corrected chi connectivity index (χ0v) is 17.7. The maximum absolute atomic E-state index is 12.8. The molecule has 0 spiro atoms. The number of anilines is 1. The number of hydrogen-bond donors (Lipinski definition) is 0. The van der Waals surface area contributed by atoms with Crippen LogP contribution in [-0.4, -0.2) is 25.1 Å². The van der Waals surface area contributed by atoms with Crippen LogP contribution in [0.1, 0.15) is 23.2 Å². The number of carbonyl (C=O) groups is 1. The first kappa shape index (κ1) is 21.1. The molecule has 3 aromatic carbocycles. The first-order chi connectivity index (χ1) is 15.5. The molecule has 0 fully saturated rings. The van der Waals surface area contributed by atoms with Crippen LogP contribution < -0.4 is 9.64 Å². The minimum atomic E-state index is -0.444. The SMILES string of the molecule is COC(=O)C1=C[C@H](c2ccccc2)N(c2ccc([N+](=O)[O-])cc2)[C@H]1c1ccc(OC)cc1. The Kier molecular flexibility index (Phi) is 5.89. The molecule has 0 saturated carbocycles. The first-order valence-electron chi connectivity index (χ1n) is 10.0. The van der Waals surface area contributed by atoms with E-state index in [1.54, 1.807) is 19.2 Å². The third-order valence-corrected chi connectivity index (χ3v) is 5.56. The van der Waals surface area contributed by atoms with Crippen molar-refractivity contribution in [2.45, 2.75) is 12.1 Å². The van der Waals surface area contributed by atoms with Crippen LogP contribution in [0.5, 0.6) is 5.75 Å². The molecule has 7 heteroatoms. The molecule has 2 atom stereocenters. The summed E-state index contributed by atoms with van der Waals surface area (Å²) in [4.78, 5) is 25.6. The van der Waals surface area contributed by atoms with Gasteiger partial charge in [-0.15, -0.1) is 0 Å². The maximum Gasteiger partial charge on any atom is 0.335 e. The van der Waals surface area contributed by atoms with E-state index in [0.717, 1.165) is 16.8 Å². The van der Waals surface area contributed by atoms with E-state index in [4.69, 9.17) is 9.47 Å². The smallest absolute Gasteiger partial charge is 0.335 e. The molecule has 0 amide bonds. The van der Waals surface area contributed by atoms with Crippen molar-refractivity contribution in [2.75, 3.05) is 19.1 Å². The highest BCUT2D eigenvalue weighted by Gasteiger charge is 2.40. The van der Waals surface area contributed by atoms with E-state index in [1.165, 1.54) is 19.2 Å². The Morgan fingerprint density at radius 2 is 1.56 bits per heavy atom. The van der Waals surface area contributed by atoms with Gasteiger partial charge in [0.15, 0.2) is 0 Å². The molecule has 162 valence electrons. The van der Waals surface area contributed by atoms with Crippen molar-refractivity contribution in [2.24, 2.45) is 0 Å². The highest BCUT2D eigenvalue weighted by molar-refractivity contribution is 5.93. The molecule has 0 unspecified atom stereocenters. The second-order valence-electron chi connectivity index (χ2n) is 7.33. The number of nitro benzene ring substituents is 1. The third-order valence-electron chi connectivity index (χ3n) is 5.56. The van der Waals surface area contributed by atoms with Crippen molar-refractivity contribution in [3.05, 3.63) is 112 Å². The van der Waals surface area contributed by atoms with Gasteiger partial charge in [-0.25, -0.2) is 4.79 Å². The van der Waals surface area contributed by atoms with E-state index >= 15 is 0 Å². The number of hydrogen-bond acceptors (Lipinski definition) is 6. The van der Waals surface area contributed by atoms with Crippen LogP contribution in [0, 0.1) is 10.1 Å². The molecule has 4 rings (SSSR count). The van der Waals surface area contributed by atoms with Crippen LogP contribution in [0.3, 0.4) is 0 Å². The Balaban J connectivity index is 1.87. The Morgan fingerprint density at radius 1 is 0.906 bits per heavy atom. The molecule has 0 bridgehead atoms. The van der Waals surface area contributed by atoms with Crippen LogP contribution in [0.25, 0.3) is 0 Å². The molecular formula is C25H22N2O5. The molecule has 1 heterocycles. The Labute approximate surface area is 185 Å². The topological polar surface area (TPSA) is 81.9 Å². The fourth-order valence-corrected chi connectivity index (χ4v) is 4.04. The van der Waals surface area contributed by atoms with Crippen LogP contribution in [0.4, 0.5) is 11.4 Å². The fraction of sp³-hybridized carbons (Fsp3) is 0.160. The van der Waals surface area contributed by atoms with E-state index in [1.807, 2.05) is 60.7 Å². The largest absolute Gasteiger partial charge is 0.497 e. The van der Waals surface area contributed by atoms with Gasteiger partial charge in [0, 0.05) is 17.8 Å². The normalized spacial score (nSPS) is 17.6. The summed E-state index contributed by atoms with van der Waals surface area (Å²) in [5.41, 5.74) is 3.12. The van der Waals surface area contributed by atoms with Crippen LogP contribution in [0.15, 0.2) is 90.5 Å². The van der Waals surface area contributed by atoms with Gasteiger partial charge in [-0.05, 0) is 41.5 Å². The summed E-state index contributed by atoms with van der Waals surface area (Å²) < 4.78 is 10.4. The lowest BCUT2D eigenvalue weighted by Gasteiger charge is -2.34. The summed E-state index contributed by atoms with van der Waals surface area (Å²) in [5.74, 6) is 0.285. The standard InChI is InChI=1S/C25H22N2O5/c1-31-21-14-8-18(9-15-21)24-22(25(28)32-2)16-23(17-6-4-3-5-7-17)26(24)19-10-12-20(13-11-19)27(29)30/h3-16,23-24H,1-2H3/t23-,24+/m1/s1. The van der Waals surface area contributed by atoms with Gasteiger partial charge in [0.25, 0.3) is 5.69 Å². The molecule has 0 N–H and O–H groups in total. The number of rotatable bonds is 6. The van der Waals surface area contributed by atoms with Gasteiger partial charge in [0.2, 0.25) is 0 Å². The van der Waals surface area contributed by atoms with Gasteiger partial charge in [0.05, 0.1) is 36.8 Å². The Morgan fingerprint density at radius 3 is 2.12 bits per heavy atom. The van der Waals surface area contributed by atoms with Crippen molar-refractivity contribution in [1.82, 2.24) is 0 Å². The molecule has 0 saturated heterocycles. The number of carbonyl (C=O) groups excluding carboxylic acids is 1. The quantitative estimate of drug-likeness (QED) is 0.311. The van der Waals surface area contributed by atoms with Crippen LogP contribution in [-0.2, 0) is 9.53 Å². The molecule has 7 nitrogen and oxygen atoms in total. The predicted molar refractivity (Wildman–Crippen MR) is 121 cm³/mol. The van der Waals surface area contributed by atoms with Gasteiger partial charge < -0.3 is 14.4 Å². The van der Waals surface area contributed by atoms with Crippen LogP contribution >= 0.6 is 0 Å². The second-order valence-corrected chi connectivity index (χ2v) is 7.33. The molecule has 0 aromatic heterocycles. The Bertz CT molecular complexity index is 1140. The lowest BCUT2D eigenvalue weighted by Crippen LogP contribution is -2.29. The monoisotopic (exact) mass is 430 g/mol. The van der Waals surface area contributed by atoms with E-state index in [0.29, 0.717) is 11.3 Å². The number of benzene rings is 3. The van der Waals surface area contributed by atoms with Crippen molar-refractivity contribution in [1.29, 1.82) is 0 Å². The van der Waals surface area contributed by atoms with Crippen molar-refractivity contribution >= 4 is 17.3 Å². The third kappa shape index (κ3) is 3.92. The van der Waals surface area contributed by atoms with Gasteiger partial charge in [-0.2, -0.15) is 0 Å². The maximum atomic E-state index is 12.8. The summed E-state index contributed by atoms with van der Waals surface area (Å²) in [7, 11) is 2.96. The van der Waals surface area contributed by atoms with Crippen LogP contribution in [0.2, 0.25) is 0 Å². The minimum absolute atomic E-state index is 0.00589. The molecule has 1 aliphatic heterocycles. The molecule has 0 aliphatic carbocycles. The molecule has 3 aromatic rings. The fourth-order valence-electron chi connectivity index (χ4n) is 4.04. The number of methoxy groups -OCH3 is 2. The number of nitro groups is 1. The highest BCUT2D eigenvalue weighted by Crippen LogP contribution is 2.47. The summed E-state index contributed by atoms with van der Waals surface area (Å²) in [6.45, 7) is 0. The first-order valence-corrected chi connectivity index (χ1v) is 10.0. The average molecular weight is 430 g/mol. The van der Waals surface area contributed by atoms with Crippen molar-refractivity contribution in [3.8, 4) is 5.75 Å².